The van der Waals surface area contributed by atoms with Gasteiger partial charge in [0.1, 0.15) is 12.3 Å². The monoisotopic (exact) mass is 371 g/mol. The van der Waals surface area contributed by atoms with Crippen LogP contribution in [0, 0.1) is 0 Å². The van der Waals surface area contributed by atoms with E-state index in [2.05, 4.69) is 40.4 Å². The normalized spacial score (nSPS) is 12.1. The van der Waals surface area contributed by atoms with E-state index in [4.69, 9.17) is 0 Å². The third-order valence-electron chi connectivity index (χ3n) is 4.15. The zero-order valence-electron chi connectivity index (χ0n) is 14.9. The lowest BCUT2D eigenvalue weighted by Crippen LogP contribution is -3.08. The maximum Gasteiger partial charge on any atom is 0.387 e. The zero-order chi connectivity index (χ0) is 19.2. The first kappa shape index (κ1) is 18.8. The number of halogens is 2. The number of anilines is 1. The van der Waals surface area contributed by atoms with Gasteiger partial charge in [0.05, 0.1) is 7.05 Å². The Kier molecular flexibility index (Phi) is 5.98. The molecular formula is C21H21F2N2O2+. The molecule has 0 aliphatic carbocycles. The van der Waals surface area contributed by atoms with E-state index in [1.807, 2.05) is 19.2 Å². The zero-order valence-corrected chi connectivity index (χ0v) is 14.9. The molecule has 140 valence electrons. The fourth-order valence-electron chi connectivity index (χ4n) is 2.96. The molecule has 0 aliphatic rings. The number of quaternary nitrogens is 1. The third kappa shape index (κ3) is 5.49. The minimum absolute atomic E-state index is 0.0575. The molecule has 0 saturated heterocycles. The molecule has 1 amide bonds. The Hall–Kier alpha value is -2.99. The molecule has 0 heterocycles. The summed E-state index contributed by atoms with van der Waals surface area (Å²) in [6.07, 6.45) is 0. The highest BCUT2D eigenvalue weighted by atomic mass is 19.3. The second-order valence-corrected chi connectivity index (χ2v) is 6.44. The van der Waals surface area contributed by atoms with Crippen molar-refractivity contribution in [2.24, 2.45) is 0 Å². The van der Waals surface area contributed by atoms with Crippen LogP contribution in [-0.4, -0.2) is 26.1 Å². The van der Waals surface area contributed by atoms with E-state index >= 15 is 0 Å². The van der Waals surface area contributed by atoms with Crippen molar-refractivity contribution in [1.82, 2.24) is 0 Å². The van der Waals surface area contributed by atoms with Crippen molar-refractivity contribution in [3.63, 3.8) is 0 Å². The summed E-state index contributed by atoms with van der Waals surface area (Å²) in [5.74, 6) is -0.0853. The van der Waals surface area contributed by atoms with E-state index in [1.165, 1.54) is 35.0 Å². The highest BCUT2D eigenvalue weighted by Gasteiger charge is 2.12. The van der Waals surface area contributed by atoms with Crippen molar-refractivity contribution in [1.29, 1.82) is 0 Å². The van der Waals surface area contributed by atoms with Gasteiger partial charge in [-0.2, -0.15) is 8.78 Å². The van der Waals surface area contributed by atoms with E-state index in [0.717, 1.165) is 17.0 Å². The van der Waals surface area contributed by atoms with Crippen LogP contribution in [0.25, 0.3) is 10.8 Å². The third-order valence-corrected chi connectivity index (χ3v) is 4.15. The Morgan fingerprint density at radius 1 is 1.04 bits per heavy atom. The van der Waals surface area contributed by atoms with Gasteiger partial charge in [0.25, 0.3) is 5.91 Å². The fourth-order valence-corrected chi connectivity index (χ4v) is 2.96. The summed E-state index contributed by atoms with van der Waals surface area (Å²) in [6, 6.07) is 20.3. The molecule has 3 aromatic rings. The first-order valence-corrected chi connectivity index (χ1v) is 8.63. The molecule has 0 aromatic heterocycles. The number of hydrogen-bond donors (Lipinski definition) is 2. The smallest absolute Gasteiger partial charge is 0.387 e. The summed E-state index contributed by atoms with van der Waals surface area (Å²) < 4.78 is 28.6. The van der Waals surface area contributed by atoms with Crippen LogP contribution in [0.4, 0.5) is 14.5 Å². The summed E-state index contributed by atoms with van der Waals surface area (Å²) in [7, 11) is 1.95. The van der Waals surface area contributed by atoms with E-state index in [0.29, 0.717) is 12.2 Å². The molecule has 0 fully saturated rings. The molecule has 0 spiro atoms. The van der Waals surface area contributed by atoms with Gasteiger partial charge in [-0.25, -0.2) is 0 Å². The quantitative estimate of drug-likeness (QED) is 0.670. The number of likely N-dealkylation sites (N-methyl/N-ethyl adjacent to an activating group) is 1. The molecule has 0 aliphatic heterocycles. The Bertz CT molecular complexity index is 913. The minimum atomic E-state index is -2.86. The summed E-state index contributed by atoms with van der Waals surface area (Å²) >= 11 is 0. The van der Waals surface area contributed by atoms with Crippen LogP contribution < -0.4 is 15.0 Å². The van der Waals surface area contributed by atoms with Crippen LogP contribution in [0.1, 0.15) is 5.56 Å². The average molecular weight is 371 g/mol. The van der Waals surface area contributed by atoms with Crippen molar-refractivity contribution in [2.45, 2.75) is 13.2 Å². The molecule has 27 heavy (non-hydrogen) atoms. The maximum atomic E-state index is 12.2. The van der Waals surface area contributed by atoms with Crippen LogP contribution in [0.5, 0.6) is 5.75 Å². The molecule has 6 heteroatoms. The van der Waals surface area contributed by atoms with Gasteiger partial charge in [-0.15, -0.1) is 0 Å². The SMILES string of the molecule is C[NH+](CC(=O)Nc1ccc(OC(F)F)cc1)Cc1ccc2ccccc2c1. The molecule has 0 bridgehead atoms. The van der Waals surface area contributed by atoms with Crippen molar-refractivity contribution in [3.05, 3.63) is 72.3 Å². The second kappa shape index (κ2) is 8.60. The summed E-state index contributed by atoms with van der Waals surface area (Å²) in [5, 5.41) is 5.14. The topological polar surface area (TPSA) is 42.8 Å². The van der Waals surface area contributed by atoms with Gasteiger partial charge in [-0.3, -0.25) is 4.79 Å². The van der Waals surface area contributed by atoms with Crippen LogP contribution in [0.15, 0.2) is 66.7 Å². The lowest BCUT2D eigenvalue weighted by molar-refractivity contribution is -0.885. The lowest BCUT2D eigenvalue weighted by atomic mass is 10.1. The average Bonchev–Trinajstić information content (AvgIpc) is 2.62. The second-order valence-electron chi connectivity index (χ2n) is 6.44. The number of alkyl halides is 2. The van der Waals surface area contributed by atoms with E-state index in [-0.39, 0.29) is 11.7 Å². The first-order chi connectivity index (χ1) is 13.0. The van der Waals surface area contributed by atoms with Gasteiger partial charge in [0, 0.05) is 11.3 Å². The fraction of sp³-hybridized carbons (Fsp3) is 0.190. The lowest BCUT2D eigenvalue weighted by Gasteiger charge is -2.14. The number of ether oxygens (including phenoxy) is 1. The van der Waals surface area contributed by atoms with E-state index in [1.54, 1.807) is 0 Å². The molecular weight excluding hydrogens is 350 g/mol. The molecule has 0 saturated carbocycles. The van der Waals surface area contributed by atoms with Crippen LogP contribution >= 0.6 is 0 Å². The van der Waals surface area contributed by atoms with Crippen molar-refractivity contribution in [2.75, 3.05) is 18.9 Å². The maximum absolute atomic E-state index is 12.2. The number of benzene rings is 3. The van der Waals surface area contributed by atoms with Crippen LogP contribution in [0.3, 0.4) is 0 Å². The number of amides is 1. The Morgan fingerprint density at radius 2 is 1.74 bits per heavy atom. The predicted molar refractivity (Wildman–Crippen MR) is 101 cm³/mol. The first-order valence-electron chi connectivity index (χ1n) is 8.63. The summed E-state index contributed by atoms with van der Waals surface area (Å²) in [5.41, 5.74) is 1.70. The highest BCUT2D eigenvalue weighted by Crippen LogP contribution is 2.17. The largest absolute Gasteiger partial charge is 0.435 e. The van der Waals surface area contributed by atoms with E-state index < -0.39 is 6.61 Å². The van der Waals surface area contributed by atoms with Gasteiger partial charge >= 0.3 is 6.61 Å². The van der Waals surface area contributed by atoms with E-state index in [9.17, 15) is 13.6 Å². The Balaban J connectivity index is 1.53. The summed E-state index contributed by atoms with van der Waals surface area (Å²) in [6.45, 7) is -1.85. The standard InChI is InChI=1S/C21H20F2N2O2/c1-25(13-15-6-7-16-4-2-3-5-17(16)12-15)14-20(26)24-18-8-10-19(11-9-18)27-21(22)23/h2-12,21H,13-14H2,1H3,(H,24,26)/p+1. The Morgan fingerprint density at radius 3 is 2.44 bits per heavy atom. The Labute approximate surface area is 156 Å². The molecule has 3 rings (SSSR count). The molecule has 0 radical (unpaired) electrons. The highest BCUT2D eigenvalue weighted by molar-refractivity contribution is 5.91. The number of carbonyl (C=O) groups excluding carboxylic acids is 1. The molecule has 4 nitrogen and oxygen atoms in total. The number of nitrogens with one attached hydrogen (secondary N) is 2. The van der Waals surface area contributed by atoms with Gasteiger partial charge < -0.3 is 15.0 Å². The van der Waals surface area contributed by atoms with Gasteiger partial charge in [0.15, 0.2) is 6.54 Å². The van der Waals surface area contributed by atoms with Crippen LogP contribution in [-0.2, 0) is 11.3 Å². The summed E-state index contributed by atoms with van der Waals surface area (Å²) in [4.78, 5) is 13.2. The van der Waals surface area contributed by atoms with Crippen molar-refractivity contribution in [3.8, 4) is 5.75 Å². The van der Waals surface area contributed by atoms with Gasteiger partial charge in [-0.1, -0.05) is 36.4 Å². The van der Waals surface area contributed by atoms with Crippen molar-refractivity contribution < 1.29 is 23.2 Å². The van der Waals surface area contributed by atoms with Gasteiger partial charge in [-0.05, 0) is 41.1 Å². The molecule has 1 atom stereocenters. The van der Waals surface area contributed by atoms with Gasteiger partial charge in [0.2, 0.25) is 0 Å². The van der Waals surface area contributed by atoms with Crippen LogP contribution in [0.2, 0.25) is 0 Å². The molecule has 3 aromatic carbocycles. The molecule has 1 unspecified atom stereocenters. The number of rotatable bonds is 7. The minimum Gasteiger partial charge on any atom is -0.435 e. The predicted octanol–water partition coefficient (Wildman–Crippen LogP) is 3.09. The number of hydrogen-bond acceptors (Lipinski definition) is 2. The molecule has 2 N–H and O–H groups in total. The number of fused-ring (bicyclic) bond motifs is 1. The number of carbonyl (C=O) groups is 1. The van der Waals surface area contributed by atoms with Crippen molar-refractivity contribution >= 4 is 22.4 Å².